The molecule has 2 heterocycles. The van der Waals surface area contributed by atoms with E-state index in [4.69, 9.17) is 0 Å². The molecule has 0 aromatic heterocycles. The number of rotatable bonds is 0. The topological polar surface area (TPSA) is 73.8 Å². The van der Waals surface area contributed by atoms with E-state index in [1.807, 2.05) is 24.3 Å². The number of aliphatic imine (C=N–C) groups is 1. The first-order valence-electron chi connectivity index (χ1n) is 4.67. The van der Waals surface area contributed by atoms with Crippen LogP contribution in [0.5, 0.6) is 0 Å². The number of hydrogen-bond acceptors (Lipinski definition) is 5. The van der Waals surface area contributed by atoms with Crippen molar-refractivity contribution in [2.45, 2.75) is 6.04 Å². The first kappa shape index (κ1) is 9.52. The van der Waals surface area contributed by atoms with Crippen molar-refractivity contribution in [3.63, 3.8) is 0 Å². The predicted octanol–water partition coefficient (Wildman–Crippen LogP) is -0.889. The maximum atomic E-state index is 10.9. The van der Waals surface area contributed by atoms with Gasteiger partial charge in [0.05, 0.1) is 11.9 Å². The van der Waals surface area contributed by atoms with Gasteiger partial charge in [-0.3, -0.25) is 10.0 Å². The zero-order valence-corrected chi connectivity index (χ0v) is 8.90. The Bertz CT molecular complexity index is 589. The standard InChI is InChI=1S/C9H8N4O2S/c14-16(15)9-8-5-10-6-3-1-2-4-7(6)13(8)12-11-9/h1-5,7,11-12H. The van der Waals surface area contributed by atoms with E-state index in [-0.39, 0.29) is 11.0 Å². The van der Waals surface area contributed by atoms with Crippen LogP contribution in [0.15, 0.2) is 41.2 Å². The highest BCUT2D eigenvalue weighted by Crippen LogP contribution is 2.21. The fourth-order valence-electron chi connectivity index (χ4n) is 1.81. The molecule has 3 rings (SSSR count). The van der Waals surface area contributed by atoms with Crippen LogP contribution in [0.2, 0.25) is 0 Å². The molecule has 7 heteroatoms. The minimum atomic E-state index is -2.30. The van der Waals surface area contributed by atoms with Gasteiger partial charge in [-0.15, -0.1) is 0 Å². The number of allylic oxidation sites excluding steroid dienone is 2. The van der Waals surface area contributed by atoms with Gasteiger partial charge in [0, 0.05) is 0 Å². The maximum Gasteiger partial charge on any atom is 0.236 e. The first-order chi connectivity index (χ1) is 7.77. The van der Waals surface area contributed by atoms with Gasteiger partial charge in [-0.05, 0) is 6.08 Å². The summed E-state index contributed by atoms with van der Waals surface area (Å²) < 4.78 is 21.9. The Balaban J connectivity index is 2.13. The van der Waals surface area contributed by atoms with Crippen LogP contribution in [0, 0.1) is 0 Å². The van der Waals surface area contributed by atoms with Gasteiger partial charge in [0.25, 0.3) is 0 Å². The normalized spacial score (nSPS) is 26.1. The lowest BCUT2D eigenvalue weighted by Crippen LogP contribution is -2.47. The summed E-state index contributed by atoms with van der Waals surface area (Å²) in [5.74, 6) is 0. The molecule has 3 aliphatic rings. The molecule has 0 radical (unpaired) electrons. The van der Waals surface area contributed by atoms with E-state index in [2.05, 4.69) is 16.0 Å². The monoisotopic (exact) mass is 236 g/mol. The summed E-state index contributed by atoms with van der Waals surface area (Å²) in [6.45, 7) is 0. The Labute approximate surface area is 93.1 Å². The summed E-state index contributed by atoms with van der Waals surface area (Å²) in [6.07, 6.45) is 9.17. The van der Waals surface area contributed by atoms with Crippen LogP contribution in [0.4, 0.5) is 0 Å². The summed E-state index contributed by atoms with van der Waals surface area (Å²) in [5, 5.41) is 1.73. The van der Waals surface area contributed by atoms with Crippen molar-refractivity contribution in [1.82, 2.24) is 16.0 Å². The molecule has 16 heavy (non-hydrogen) atoms. The van der Waals surface area contributed by atoms with Crippen molar-refractivity contribution in [2.75, 3.05) is 0 Å². The van der Waals surface area contributed by atoms with Crippen molar-refractivity contribution in [3.05, 3.63) is 36.2 Å². The molecule has 6 nitrogen and oxygen atoms in total. The van der Waals surface area contributed by atoms with Gasteiger partial charge < -0.3 is 0 Å². The molecule has 1 aliphatic carbocycles. The van der Waals surface area contributed by atoms with Crippen molar-refractivity contribution in [1.29, 1.82) is 0 Å². The molecular formula is C9H8N4O2S. The number of hydrazine groups is 2. The maximum absolute atomic E-state index is 10.9. The fraction of sp³-hybridized carbons (Fsp3) is 0.111. The van der Waals surface area contributed by atoms with E-state index in [0.29, 0.717) is 5.70 Å². The Morgan fingerprint density at radius 1 is 1.38 bits per heavy atom. The zero-order chi connectivity index (χ0) is 11.1. The van der Waals surface area contributed by atoms with Gasteiger partial charge in [0.15, 0.2) is 4.99 Å². The van der Waals surface area contributed by atoms with Crippen LogP contribution in [0.1, 0.15) is 0 Å². The molecule has 1 fully saturated rings. The van der Waals surface area contributed by atoms with Gasteiger partial charge in [0.2, 0.25) is 10.3 Å². The summed E-state index contributed by atoms with van der Waals surface area (Å²) in [7, 11) is -2.30. The van der Waals surface area contributed by atoms with Crippen molar-refractivity contribution < 1.29 is 8.42 Å². The molecular weight excluding hydrogens is 228 g/mol. The van der Waals surface area contributed by atoms with Crippen LogP contribution < -0.4 is 11.0 Å². The molecule has 0 aromatic carbocycles. The van der Waals surface area contributed by atoms with E-state index < -0.39 is 10.3 Å². The highest BCUT2D eigenvalue weighted by molar-refractivity contribution is 7.73. The Morgan fingerprint density at radius 2 is 2.25 bits per heavy atom. The molecule has 0 bridgehead atoms. The molecule has 2 aliphatic heterocycles. The molecule has 2 N–H and O–H groups in total. The van der Waals surface area contributed by atoms with Gasteiger partial charge in [-0.1, -0.05) is 18.2 Å². The van der Waals surface area contributed by atoms with E-state index in [9.17, 15) is 8.42 Å². The Kier molecular flexibility index (Phi) is 2.03. The zero-order valence-electron chi connectivity index (χ0n) is 8.08. The highest BCUT2D eigenvalue weighted by atomic mass is 32.2. The second kappa shape index (κ2) is 3.41. The van der Waals surface area contributed by atoms with E-state index in [0.717, 1.165) is 5.71 Å². The van der Waals surface area contributed by atoms with Crippen molar-refractivity contribution >= 4 is 21.0 Å². The average Bonchev–Trinajstić information content (AvgIpc) is 2.73. The van der Waals surface area contributed by atoms with Crippen LogP contribution in [0.3, 0.4) is 0 Å². The Hall–Kier alpha value is -1.70. The average molecular weight is 236 g/mol. The predicted molar refractivity (Wildman–Crippen MR) is 59.6 cm³/mol. The van der Waals surface area contributed by atoms with Crippen molar-refractivity contribution in [2.24, 2.45) is 4.99 Å². The number of nitrogens with one attached hydrogen (secondary N) is 2. The third kappa shape index (κ3) is 1.26. The van der Waals surface area contributed by atoms with E-state index >= 15 is 0 Å². The van der Waals surface area contributed by atoms with Gasteiger partial charge in [-0.2, -0.15) is 19.4 Å². The Morgan fingerprint density at radius 3 is 3.06 bits per heavy atom. The SMILES string of the molecule is O=S(=O)=C1NNN2C1=CN=C1C=CC=CC12. The fourth-order valence-corrected chi connectivity index (χ4v) is 2.26. The third-order valence-electron chi connectivity index (χ3n) is 2.54. The molecule has 1 atom stereocenters. The summed E-state index contributed by atoms with van der Waals surface area (Å²) in [4.78, 5) is 4.34. The molecule has 0 aromatic rings. The van der Waals surface area contributed by atoms with Crippen molar-refractivity contribution in [3.8, 4) is 0 Å². The summed E-state index contributed by atoms with van der Waals surface area (Å²) >= 11 is 0. The molecule has 0 spiro atoms. The molecule has 82 valence electrons. The largest absolute Gasteiger partial charge is 0.278 e. The third-order valence-corrected chi connectivity index (χ3v) is 3.18. The van der Waals surface area contributed by atoms with Crippen LogP contribution in [0.25, 0.3) is 0 Å². The minimum absolute atomic E-state index is 0.0708. The second-order valence-corrected chi connectivity index (χ2v) is 4.31. The lowest BCUT2D eigenvalue weighted by molar-refractivity contribution is 0.262. The molecule has 0 amide bonds. The number of fused-ring (bicyclic) bond motifs is 3. The van der Waals surface area contributed by atoms with Gasteiger partial charge in [0.1, 0.15) is 11.7 Å². The summed E-state index contributed by atoms with van der Waals surface area (Å²) in [6, 6.07) is -0.0708. The van der Waals surface area contributed by atoms with Gasteiger partial charge in [-0.25, -0.2) is 0 Å². The smallest absolute Gasteiger partial charge is 0.236 e. The molecule has 0 saturated carbocycles. The van der Waals surface area contributed by atoms with Crippen LogP contribution in [-0.4, -0.2) is 30.2 Å². The minimum Gasteiger partial charge on any atom is -0.278 e. The van der Waals surface area contributed by atoms with E-state index in [1.54, 1.807) is 5.01 Å². The number of hydrogen-bond donors (Lipinski definition) is 2. The molecule has 1 unspecified atom stereocenters. The summed E-state index contributed by atoms with van der Waals surface area (Å²) in [5.41, 5.74) is 6.82. The van der Waals surface area contributed by atoms with E-state index in [1.165, 1.54) is 6.20 Å². The highest BCUT2D eigenvalue weighted by Gasteiger charge is 2.34. The van der Waals surface area contributed by atoms with Gasteiger partial charge >= 0.3 is 0 Å². The molecule has 1 saturated heterocycles. The lowest BCUT2D eigenvalue weighted by Gasteiger charge is -2.30. The second-order valence-electron chi connectivity index (χ2n) is 3.43. The first-order valence-corrected chi connectivity index (χ1v) is 5.75. The van der Waals surface area contributed by atoms with Crippen LogP contribution >= 0.6 is 0 Å². The number of nitrogens with zero attached hydrogens (tertiary/aromatic N) is 2. The van der Waals surface area contributed by atoms with Crippen LogP contribution in [-0.2, 0) is 10.3 Å². The quantitative estimate of drug-likeness (QED) is 0.534. The lowest BCUT2D eigenvalue weighted by atomic mass is 10.0.